The van der Waals surface area contributed by atoms with Crippen LogP contribution in [0.2, 0.25) is 0 Å². The van der Waals surface area contributed by atoms with Crippen LogP contribution in [0.15, 0.2) is 18.3 Å². The third-order valence-corrected chi connectivity index (χ3v) is 2.13. The van der Waals surface area contributed by atoms with Gasteiger partial charge in [0.1, 0.15) is 6.42 Å². The minimum atomic E-state index is -0.494. The van der Waals surface area contributed by atoms with Gasteiger partial charge in [0.15, 0.2) is 0 Å². The lowest BCUT2D eigenvalue weighted by Crippen LogP contribution is -2.26. The summed E-state index contributed by atoms with van der Waals surface area (Å²) >= 11 is 0. The summed E-state index contributed by atoms with van der Waals surface area (Å²) in [6.07, 6.45) is 1.67. The maximum absolute atomic E-state index is 11.3. The van der Waals surface area contributed by atoms with Crippen molar-refractivity contribution in [3.05, 3.63) is 24.0 Å². The Morgan fingerprint density at radius 1 is 1.50 bits per heavy atom. The van der Waals surface area contributed by atoms with E-state index < -0.39 is 5.97 Å². The summed E-state index contributed by atoms with van der Waals surface area (Å²) in [4.78, 5) is 22.3. The molecule has 0 aliphatic rings. The molecule has 88 valence electrons. The van der Waals surface area contributed by atoms with Crippen LogP contribution in [0.25, 0.3) is 0 Å². The first kappa shape index (κ1) is 12.3. The fraction of sp³-hybridized carbons (Fsp3) is 0.455. The molecule has 0 atom stereocenters. The molecule has 0 unspecified atom stereocenters. The molecule has 0 saturated heterocycles. The Balaban J connectivity index is 2.31. The Kier molecular flexibility index (Phi) is 4.57. The van der Waals surface area contributed by atoms with Crippen LogP contribution in [-0.4, -0.2) is 23.1 Å². The minimum Gasteiger partial charge on any atom is -0.466 e. The van der Waals surface area contributed by atoms with Gasteiger partial charge in [-0.15, -0.1) is 0 Å². The molecule has 0 spiro atoms. The van der Waals surface area contributed by atoms with Crippen molar-refractivity contribution in [1.82, 2.24) is 9.88 Å². The highest BCUT2D eigenvalue weighted by Gasteiger charge is 2.09. The third kappa shape index (κ3) is 3.76. The maximum atomic E-state index is 11.3. The highest BCUT2D eigenvalue weighted by Crippen LogP contribution is 1.98. The van der Waals surface area contributed by atoms with Gasteiger partial charge in [-0.25, -0.2) is 0 Å². The number of nitrogens with zero attached hydrogens (tertiary/aromatic N) is 1. The van der Waals surface area contributed by atoms with E-state index in [9.17, 15) is 9.59 Å². The number of nitrogens with one attached hydrogen (secondary N) is 1. The number of hydrogen-bond donors (Lipinski definition) is 1. The molecule has 1 aromatic rings. The second-order valence-corrected chi connectivity index (χ2v) is 3.37. The molecular formula is C11H16N2O3. The van der Waals surface area contributed by atoms with Gasteiger partial charge in [-0.3, -0.25) is 9.59 Å². The monoisotopic (exact) mass is 224 g/mol. The summed E-state index contributed by atoms with van der Waals surface area (Å²) in [7, 11) is 1.90. The van der Waals surface area contributed by atoms with Gasteiger partial charge < -0.3 is 14.6 Å². The molecule has 1 heterocycles. The Morgan fingerprint density at radius 3 is 2.81 bits per heavy atom. The topological polar surface area (TPSA) is 60.3 Å². The summed E-state index contributed by atoms with van der Waals surface area (Å²) in [5, 5.41) is 2.65. The molecule has 1 rings (SSSR count). The smallest absolute Gasteiger partial charge is 0.315 e. The summed E-state index contributed by atoms with van der Waals surface area (Å²) in [6.45, 7) is 2.42. The van der Waals surface area contributed by atoms with Gasteiger partial charge in [0.25, 0.3) is 0 Å². The molecule has 0 aromatic carbocycles. The van der Waals surface area contributed by atoms with Gasteiger partial charge in [-0.2, -0.15) is 0 Å². The van der Waals surface area contributed by atoms with E-state index in [0.717, 1.165) is 5.69 Å². The average molecular weight is 224 g/mol. The van der Waals surface area contributed by atoms with Gasteiger partial charge in [-0.1, -0.05) is 0 Å². The summed E-state index contributed by atoms with van der Waals surface area (Å²) in [5.74, 6) is -0.813. The van der Waals surface area contributed by atoms with Crippen LogP contribution in [-0.2, 0) is 27.9 Å². The van der Waals surface area contributed by atoms with Crippen LogP contribution in [0.3, 0.4) is 0 Å². The third-order valence-electron chi connectivity index (χ3n) is 2.13. The lowest BCUT2D eigenvalue weighted by molar-refractivity contribution is -0.146. The number of hydrogen-bond acceptors (Lipinski definition) is 3. The number of carbonyl (C=O) groups is 2. The molecule has 1 amide bonds. The molecule has 0 bridgehead atoms. The minimum absolute atomic E-state index is 0.224. The standard InChI is InChI=1S/C11H16N2O3/c1-3-16-11(15)7-10(14)12-8-9-5-4-6-13(9)2/h4-6H,3,7-8H2,1-2H3,(H,12,14). The predicted molar refractivity (Wildman–Crippen MR) is 58.5 cm³/mol. The van der Waals surface area contributed by atoms with Crippen molar-refractivity contribution < 1.29 is 14.3 Å². The zero-order valence-electron chi connectivity index (χ0n) is 9.53. The van der Waals surface area contributed by atoms with Crippen molar-refractivity contribution in [2.45, 2.75) is 19.9 Å². The molecule has 5 heteroatoms. The lowest BCUT2D eigenvalue weighted by atomic mass is 10.3. The van der Waals surface area contributed by atoms with Crippen LogP contribution >= 0.6 is 0 Å². The van der Waals surface area contributed by atoms with Gasteiger partial charge in [0.2, 0.25) is 5.91 Å². The van der Waals surface area contributed by atoms with E-state index in [1.54, 1.807) is 6.92 Å². The van der Waals surface area contributed by atoms with Crippen molar-refractivity contribution in [2.24, 2.45) is 7.05 Å². The summed E-state index contributed by atoms with van der Waals surface area (Å²) < 4.78 is 6.58. The highest BCUT2D eigenvalue weighted by molar-refractivity contribution is 5.94. The summed E-state index contributed by atoms with van der Waals surface area (Å²) in [6, 6.07) is 3.80. The number of esters is 1. The van der Waals surface area contributed by atoms with E-state index in [4.69, 9.17) is 0 Å². The lowest BCUT2D eigenvalue weighted by Gasteiger charge is -2.06. The molecule has 0 aliphatic heterocycles. The maximum Gasteiger partial charge on any atom is 0.315 e. The van der Waals surface area contributed by atoms with Crippen molar-refractivity contribution in [3.8, 4) is 0 Å². The van der Waals surface area contributed by atoms with E-state index >= 15 is 0 Å². The SMILES string of the molecule is CCOC(=O)CC(=O)NCc1cccn1C. The van der Waals surface area contributed by atoms with E-state index in [-0.39, 0.29) is 12.3 Å². The van der Waals surface area contributed by atoms with Crippen LogP contribution < -0.4 is 5.32 Å². The molecule has 0 fully saturated rings. The van der Waals surface area contributed by atoms with Gasteiger partial charge in [0.05, 0.1) is 13.2 Å². The molecular weight excluding hydrogens is 208 g/mol. The second-order valence-electron chi connectivity index (χ2n) is 3.37. The Labute approximate surface area is 94.4 Å². The quantitative estimate of drug-likeness (QED) is 0.588. The number of aromatic nitrogens is 1. The molecule has 16 heavy (non-hydrogen) atoms. The van der Waals surface area contributed by atoms with Crippen molar-refractivity contribution in [3.63, 3.8) is 0 Å². The molecule has 5 nitrogen and oxygen atoms in total. The van der Waals surface area contributed by atoms with Crippen LogP contribution in [0.4, 0.5) is 0 Å². The molecule has 1 N–H and O–H groups in total. The molecule has 0 saturated carbocycles. The molecule has 1 aromatic heterocycles. The Bertz CT molecular complexity index is 371. The van der Waals surface area contributed by atoms with Crippen LogP contribution in [0.1, 0.15) is 19.0 Å². The molecule has 0 radical (unpaired) electrons. The number of amides is 1. The van der Waals surface area contributed by atoms with E-state index in [1.165, 1.54) is 0 Å². The van der Waals surface area contributed by atoms with E-state index in [2.05, 4.69) is 10.1 Å². The summed E-state index contributed by atoms with van der Waals surface area (Å²) in [5.41, 5.74) is 0.984. The largest absolute Gasteiger partial charge is 0.466 e. The fourth-order valence-electron chi connectivity index (χ4n) is 1.27. The van der Waals surface area contributed by atoms with Crippen LogP contribution in [0, 0.1) is 0 Å². The zero-order chi connectivity index (χ0) is 12.0. The number of rotatable bonds is 5. The van der Waals surface area contributed by atoms with Crippen molar-refractivity contribution >= 4 is 11.9 Å². The van der Waals surface area contributed by atoms with Gasteiger partial charge >= 0.3 is 5.97 Å². The average Bonchev–Trinajstić information content (AvgIpc) is 2.61. The Hall–Kier alpha value is -1.78. The number of ether oxygens (including phenoxy) is 1. The first-order valence-electron chi connectivity index (χ1n) is 5.16. The first-order valence-corrected chi connectivity index (χ1v) is 5.16. The fourth-order valence-corrected chi connectivity index (χ4v) is 1.27. The van der Waals surface area contributed by atoms with Crippen molar-refractivity contribution in [1.29, 1.82) is 0 Å². The predicted octanol–water partition coefficient (Wildman–Crippen LogP) is 0.594. The normalized spacial score (nSPS) is 9.88. The Morgan fingerprint density at radius 2 is 2.25 bits per heavy atom. The number of aryl methyl sites for hydroxylation is 1. The van der Waals surface area contributed by atoms with Gasteiger partial charge in [-0.05, 0) is 19.1 Å². The molecule has 0 aliphatic carbocycles. The zero-order valence-corrected chi connectivity index (χ0v) is 9.53. The second kappa shape index (κ2) is 5.95. The van der Waals surface area contributed by atoms with E-state index in [0.29, 0.717) is 13.2 Å². The van der Waals surface area contributed by atoms with E-state index in [1.807, 2.05) is 29.9 Å². The van der Waals surface area contributed by atoms with Crippen molar-refractivity contribution in [2.75, 3.05) is 6.61 Å². The number of carbonyl (C=O) groups excluding carboxylic acids is 2. The van der Waals surface area contributed by atoms with Gasteiger partial charge in [0, 0.05) is 18.9 Å². The first-order chi connectivity index (χ1) is 7.63. The van der Waals surface area contributed by atoms with Crippen LogP contribution in [0.5, 0.6) is 0 Å². The highest BCUT2D eigenvalue weighted by atomic mass is 16.5.